The van der Waals surface area contributed by atoms with E-state index in [9.17, 15) is 8.42 Å². The number of nitrogens with two attached hydrogens (primary N) is 1. The van der Waals surface area contributed by atoms with Crippen LogP contribution in [0.5, 0.6) is 0 Å². The van der Waals surface area contributed by atoms with Crippen LogP contribution >= 0.6 is 0 Å². The van der Waals surface area contributed by atoms with E-state index in [1.807, 2.05) is 31.3 Å². The second-order valence-electron chi connectivity index (χ2n) is 6.79. The quantitative estimate of drug-likeness (QED) is 0.821. The van der Waals surface area contributed by atoms with E-state index < -0.39 is 10.0 Å². The van der Waals surface area contributed by atoms with Crippen molar-refractivity contribution in [2.75, 3.05) is 33.2 Å². The van der Waals surface area contributed by atoms with Crippen LogP contribution in [0.4, 0.5) is 0 Å². The number of rotatable bonds is 6. The van der Waals surface area contributed by atoms with Crippen molar-refractivity contribution in [3.05, 3.63) is 54.1 Å². The van der Waals surface area contributed by atoms with Crippen molar-refractivity contribution in [1.29, 1.82) is 5.26 Å². The standard InChI is InChI=1S/C20H24N4O2S/c1-23(13-11-21)19-10-12-24(15-19)27(25,26)20-8-6-18(7-9-20)17-4-2-16(14-22)3-5-17/h2-9,19H,10-13,15,21H2,1H3. The fourth-order valence-electron chi connectivity index (χ4n) is 3.38. The summed E-state index contributed by atoms with van der Waals surface area (Å²) >= 11 is 0. The van der Waals surface area contributed by atoms with E-state index in [-0.39, 0.29) is 6.04 Å². The molecule has 27 heavy (non-hydrogen) atoms. The van der Waals surface area contributed by atoms with Crippen LogP contribution in [0.25, 0.3) is 11.1 Å². The lowest BCUT2D eigenvalue weighted by Crippen LogP contribution is -2.38. The topological polar surface area (TPSA) is 90.4 Å². The van der Waals surface area contributed by atoms with E-state index in [1.54, 1.807) is 28.6 Å². The van der Waals surface area contributed by atoms with Crippen LogP contribution in [-0.2, 0) is 10.0 Å². The highest BCUT2D eigenvalue weighted by Crippen LogP contribution is 2.26. The highest BCUT2D eigenvalue weighted by atomic mass is 32.2. The van der Waals surface area contributed by atoms with Gasteiger partial charge in [0, 0.05) is 32.2 Å². The van der Waals surface area contributed by atoms with Gasteiger partial charge in [0.05, 0.1) is 16.5 Å². The molecule has 1 unspecified atom stereocenters. The smallest absolute Gasteiger partial charge is 0.243 e. The Bertz CT molecular complexity index is 918. The first kappa shape index (κ1) is 19.5. The molecule has 142 valence electrons. The van der Waals surface area contributed by atoms with Crippen molar-refractivity contribution in [3.63, 3.8) is 0 Å². The molecule has 1 aliphatic rings. The van der Waals surface area contributed by atoms with Gasteiger partial charge in [-0.3, -0.25) is 0 Å². The summed E-state index contributed by atoms with van der Waals surface area (Å²) in [5, 5.41) is 8.88. The molecule has 1 fully saturated rings. The highest BCUT2D eigenvalue weighted by molar-refractivity contribution is 7.89. The van der Waals surface area contributed by atoms with Gasteiger partial charge in [0.15, 0.2) is 0 Å². The summed E-state index contributed by atoms with van der Waals surface area (Å²) in [6, 6.07) is 16.4. The molecule has 0 aliphatic carbocycles. The maximum absolute atomic E-state index is 12.9. The minimum atomic E-state index is -3.50. The van der Waals surface area contributed by atoms with Gasteiger partial charge in [-0.1, -0.05) is 24.3 Å². The lowest BCUT2D eigenvalue weighted by atomic mass is 10.0. The number of nitrogens with zero attached hydrogens (tertiary/aromatic N) is 3. The van der Waals surface area contributed by atoms with Gasteiger partial charge in [-0.2, -0.15) is 9.57 Å². The second kappa shape index (κ2) is 8.19. The summed E-state index contributed by atoms with van der Waals surface area (Å²) < 4.78 is 27.4. The highest BCUT2D eigenvalue weighted by Gasteiger charge is 2.33. The van der Waals surface area contributed by atoms with Gasteiger partial charge >= 0.3 is 0 Å². The molecule has 0 saturated carbocycles. The number of likely N-dealkylation sites (N-methyl/N-ethyl adjacent to an activating group) is 1. The summed E-state index contributed by atoms with van der Waals surface area (Å²) in [6.07, 6.45) is 0.819. The lowest BCUT2D eigenvalue weighted by Gasteiger charge is -2.24. The van der Waals surface area contributed by atoms with E-state index in [1.165, 1.54) is 0 Å². The molecule has 2 aromatic rings. The molecule has 1 atom stereocenters. The molecule has 1 heterocycles. The Balaban J connectivity index is 1.75. The van der Waals surface area contributed by atoms with Gasteiger partial charge in [-0.25, -0.2) is 8.42 Å². The first-order chi connectivity index (χ1) is 13.0. The predicted octanol–water partition coefficient (Wildman–Crippen LogP) is 1.88. The Kier molecular flexibility index (Phi) is 5.92. The molecule has 3 rings (SSSR count). The normalized spacial score (nSPS) is 17.9. The fraction of sp³-hybridized carbons (Fsp3) is 0.350. The van der Waals surface area contributed by atoms with E-state index in [4.69, 9.17) is 11.0 Å². The van der Waals surface area contributed by atoms with Crippen LogP contribution in [0.15, 0.2) is 53.4 Å². The largest absolute Gasteiger partial charge is 0.329 e. The zero-order valence-corrected chi connectivity index (χ0v) is 16.2. The van der Waals surface area contributed by atoms with Crippen molar-refractivity contribution in [1.82, 2.24) is 9.21 Å². The maximum atomic E-state index is 12.9. The molecule has 0 bridgehead atoms. The Labute approximate surface area is 160 Å². The average Bonchev–Trinajstić information content (AvgIpc) is 3.20. The third-order valence-electron chi connectivity index (χ3n) is 5.07. The van der Waals surface area contributed by atoms with Gasteiger partial charge in [0.25, 0.3) is 0 Å². The molecule has 1 aliphatic heterocycles. The average molecular weight is 385 g/mol. The number of sulfonamides is 1. The zero-order valence-electron chi connectivity index (χ0n) is 15.4. The third-order valence-corrected chi connectivity index (χ3v) is 6.95. The minimum absolute atomic E-state index is 0.209. The van der Waals surface area contributed by atoms with Crippen LogP contribution in [0.2, 0.25) is 0 Å². The molecule has 2 aromatic carbocycles. The van der Waals surface area contributed by atoms with Crippen molar-refractivity contribution in [2.45, 2.75) is 17.4 Å². The van der Waals surface area contributed by atoms with Crippen LogP contribution < -0.4 is 5.73 Å². The number of benzene rings is 2. The van der Waals surface area contributed by atoms with Gasteiger partial charge in [-0.15, -0.1) is 0 Å². The molecule has 0 spiro atoms. The summed E-state index contributed by atoms with van der Waals surface area (Å²) in [6.45, 7) is 2.35. The Morgan fingerprint density at radius 3 is 2.30 bits per heavy atom. The molecule has 7 heteroatoms. The zero-order chi connectivity index (χ0) is 19.4. The summed E-state index contributed by atoms with van der Waals surface area (Å²) in [4.78, 5) is 2.44. The van der Waals surface area contributed by atoms with Crippen molar-refractivity contribution in [3.8, 4) is 17.2 Å². The molecule has 2 N–H and O–H groups in total. The van der Waals surface area contributed by atoms with Crippen molar-refractivity contribution in [2.24, 2.45) is 5.73 Å². The van der Waals surface area contributed by atoms with Gasteiger partial charge in [-0.05, 0) is 48.9 Å². The van der Waals surface area contributed by atoms with E-state index >= 15 is 0 Å². The van der Waals surface area contributed by atoms with E-state index in [0.29, 0.717) is 30.1 Å². The van der Waals surface area contributed by atoms with E-state index in [2.05, 4.69) is 11.0 Å². The SMILES string of the molecule is CN(CCN)C1CCN(S(=O)(=O)c2ccc(-c3ccc(C#N)cc3)cc2)C1. The Morgan fingerprint density at radius 2 is 1.74 bits per heavy atom. The first-order valence-corrected chi connectivity index (χ1v) is 10.4. The first-order valence-electron chi connectivity index (χ1n) is 8.97. The van der Waals surface area contributed by atoms with Crippen molar-refractivity contribution < 1.29 is 8.42 Å². The third kappa shape index (κ3) is 4.20. The molecule has 0 radical (unpaired) electrons. The van der Waals surface area contributed by atoms with Gasteiger partial charge in [0.2, 0.25) is 10.0 Å². The van der Waals surface area contributed by atoms with Crippen LogP contribution in [0.3, 0.4) is 0 Å². The minimum Gasteiger partial charge on any atom is -0.329 e. The summed E-state index contributed by atoms with van der Waals surface area (Å²) in [5.74, 6) is 0. The number of nitriles is 1. The Hall–Kier alpha value is -2.24. The molecule has 0 amide bonds. The van der Waals surface area contributed by atoms with Crippen molar-refractivity contribution >= 4 is 10.0 Å². The predicted molar refractivity (Wildman–Crippen MR) is 105 cm³/mol. The molecular formula is C20H24N4O2S. The van der Waals surface area contributed by atoms with Crippen LogP contribution in [0, 0.1) is 11.3 Å². The summed E-state index contributed by atoms with van der Waals surface area (Å²) in [5.41, 5.74) is 8.06. The molecule has 0 aromatic heterocycles. The second-order valence-corrected chi connectivity index (χ2v) is 8.73. The number of hydrogen-bond donors (Lipinski definition) is 1. The molecule has 6 nitrogen and oxygen atoms in total. The monoisotopic (exact) mass is 384 g/mol. The summed E-state index contributed by atoms with van der Waals surface area (Å²) in [7, 11) is -1.51. The fourth-order valence-corrected chi connectivity index (χ4v) is 4.87. The Morgan fingerprint density at radius 1 is 1.15 bits per heavy atom. The van der Waals surface area contributed by atoms with Crippen LogP contribution in [0.1, 0.15) is 12.0 Å². The molecular weight excluding hydrogens is 360 g/mol. The lowest BCUT2D eigenvalue weighted by molar-refractivity contribution is 0.256. The van der Waals surface area contributed by atoms with Gasteiger partial charge in [0.1, 0.15) is 0 Å². The van der Waals surface area contributed by atoms with Gasteiger partial charge < -0.3 is 10.6 Å². The molecule has 1 saturated heterocycles. The maximum Gasteiger partial charge on any atom is 0.243 e. The van der Waals surface area contributed by atoms with Crippen LogP contribution in [-0.4, -0.2) is 56.9 Å². The van der Waals surface area contributed by atoms with E-state index in [0.717, 1.165) is 24.1 Å². The number of hydrogen-bond acceptors (Lipinski definition) is 5.